The maximum atomic E-state index is 13.2. The fraction of sp³-hybridized carbons (Fsp3) is 0.571. The van der Waals surface area contributed by atoms with Crippen molar-refractivity contribution in [1.29, 1.82) is 0 Å². The fourth-order valence-corrected chi connectivity index (χ4v) is 5.71. The lowest BCUT2D eigenvalue weighted by Gasteiger charge is -2.11. The Morgan fingerprint density at radius 1 is 0.618 bits per heavy atom. The first-order valence-corrected chi connectivity index (χ1v) is 14.1. The van der Waals surface area contributed by atoms with Crippen LogP contribution in [0.15, 0.2) is 34.1 Å². The summed E-state index contributed by atoms with van der Waals surface area (Å²) in [5, 5.41) is 21.0. The Morgan fingerprint density at radius 2 is 1.00 bits per heavy atom. The lowest BCUT2D eigenvalue weighted by atomic mass is 10.0. The maximum Gasteiger partial charge on any atom is 0.162 e. The Morgan fingerprint density at radius 3 is 1.41 bits per heavy atom. The van der Waals surface area contributed by atoms with Crippen LogP contribution in [0.2, 0.25) is 0 Å². The molecule has 0 unspecified atom stereocenters. The van der Waals surface area contributed by atoms with Crippen molar-refractivity contribution in [2.24, 2.45) is 0 Å². The van der Waals surface area contributed by atoms with Crippen molar-refractivity contribution < 1.29 is 23.9 Å². The molecule has 34 heavy (non-hydrogen) atoms. The Balaban J connectivity index is 1.60. The van der Waals surface area contributed by atoms with Gasteiger partial charge in [0.05, 0.1) is 33.8 Å². The molecule has 188 valence electrons. The summed E-state index contributed by atoms with van der Waals surface area (Å²) in [6.07, 6.45) is 13.9. The van der Waals surface area contributed by atoms with Crippen molar-refractivity contribution in [3.63, 3.8) is 0 Å². The number of ether oxygens (including phenoxy) is 2. The lowest BCUT2D eigenvalue weighted by molar-refractivity contribution is 0.288. The number of unbranched alkanes of at least 4 members (excludes halogenated alkanes) is 10. The minimum atomic E-state index is -1.42. The Bertz CT molecular complexity index is 881. The van der Waals surface area contributed by atoms with Crippen molar-refractivity contribution in [1.82, 2.24) is 0 Å². The molecular weight excluding hydrogens is 448 g/mol. The lowest BCUT2D eigenvalue weighted by Crippen LogP contribution is -1.99. The number of aromatic hydroxyl groups is 2. The van der Waals surface area contributed by atoms with E-state index < -0.39 is 10.8 Å². The number of phenolic OH excluding ortho intramolecular Hbond substituents is 2. The van der Waals surface area contributed by atoms with Crippen molar-refractivity contribution in [3.8, 4) is 34.1 Å². The molecule has 1 aliphatic heterocycles. The molecular formula is C28H40O5S. The largest absolute Gasteiger partial charge is 0.504 e. The van der Waals surface area contributed by atoms with Crippen LogP contribution >= 0.6 is 0 Å². The zero-order valence-corrected chi connectivity index (χ0v) is 21.6. The highest BCUT2D eigenvalue weighted by Crippen LogP contribution is 2.48. The number of fused-ring (bicyclic) bond motifs is 3. The van der Waals surface area contributed by atoms with Crippen LogP contribution in [-0.2, 0) is 10.8 Å². The second-order valence-electron chi connectivity index (χ2n) is 9.13. The molecule has 1 aliphatic rings. The molecule has 0 bridgehead atoms. The summed E-state index contributed by atoms with van der Waals surface area (Å²) < 4.78 is 24.8. The van der Waals surface area contributed by atoms with Gasteiger partial charge in [0, 0.05) is 23.3 Å². The van der Waals surface area contributed by atoms with Gasteiger partial charge in [0.15, 0.2) is 23.0 Å². The van der Waals surface area contributed by atoms with Crippen LogP contribution in [0.4, 0.5) is 0 Å². The molecule has 0 saturated heterocycles. The molecule has 0 spiro atoms. The summed E-state index contributed by atoms with van der Waals surface area (Å²) >= 11 is 0. The summed E-state index contributed by atoms with van der Waals surface area (Å²) in [5.74, 6) is 0.768. The summed E-state index contributed by atoms with van der Waals surface area (Å²) in [4.78, 5) is 1.19. The molecule has 0 atom stereocenters. The minimum Gasteiger partial charge on any atom is -0.504 e. The van der Waals surface area contributed by atoms with E-state index in [0.29, 0.717) is 45.6 Å². The molecule has 0 aliphatic carbocycles. The Labute approximate surface area is 207 Å². The first-order valence-electron chi connectivity index (χ1n) is 13.0. The zero-order chi connectivity index (χ0) is 24.3. The average Bonchev–Trinajstić information content (AvgIpc) is 3.08. The smallest absolute Gasteiger partial charge is 0.162 e. The van der Waals surface area contributed by atoms with Gasteiger partial charge in [0.1, 0.15) is 0 Å². The van der Waals surface area contributed by atoms with Gasteiger partial charge in [-0.05, 0) is 25.0 Å². The van der Waals surface area contributed by atoms with E-state index in [-0.39, 0.29) is 11.5 Å². The first kappa shape index (κ1) is 26.4. The van der Waals surface area contributed by atoms with E-state index >= 15 is 0 Å². The Kier molecular flexibility index (Phi) is 10.6. The number of phenols is 2. The van der Waals surface area contributed by atoms with Crippen LogP contribution in [0, 0.1) is 0 Å². The molecule has 5 nitrogen and oxygen atoms in total. The van der Waals surface area contributed by atoms with Crippen LogP contribution in [0.5, 0.6) is 23.0 Å². The third kappa shape index (κ3) is 6.91. The standard InChI is InChI=1S/C28H40O5S/c1-3-5-7-9-11-13-15-32-25-19-27-21(17-23(25)29)22-18-24(30)26(20-28(22)34(27)31)33-16-14-12-10-8-6-4-2/h17-20,29-30H,3-16H2,1-2H3. The van der Waals surface area contributed by atoms with E-state index in [0.717, 1.165) is 25.7 Å². The number of benzene rings is 2. The monoisotopic (exact) mass is 488 g/mol. The van der Waals surface area contributed by atoms with Crippen molar-refractivity contribution in [2.75, 3.05) is 13.2 Å². The highest BCUT2D eigenvalue weighted by Gasteiger charge is 2.29. The highest BCUT2D eigenvalue weighted by molar-refractivity contribution is 7.85. The van der Waals surface area contributed by atoms with E-state index in [4.69, 9.17) is 9.47 Å². The van der Waals surface area contributed by atoms with E-state index in [2.05, 4.69) is 13.8 Å². The van der Waals surface area contributed by atoms with Crippen molar-refractivity contribution in [3.05, 3.63) is 24.3 Å². The molecule has 1 heterocycles. The van der Waals surface area contributed by atoms with Gasteiger partial charge in [-0.25, -0.2) is 4.21 Å². The molecule has 0 amide bonds. The van der Waals surface area contributed by atoms with Crippen LogP contribution in [0.25, 0.3) is 11.1 Å². The molecule has 2 aromatic carbocycles. The van der Waals surface area contributed by atoms with Gasteiger partial charge in [0.25, 0.3) is 0 Å². The quantitative estimate of drug-likeness (QED) is 0.202. The summed E-state index contributed by atoms with van der Waals surface area (Å²) in [6, 6.07) is 6.52. The van der Waals surface area contributed by atoms with Gasteiger partial charge in [0.2, 0.25) is 0 Å². The van der Waals surface area contributed by atoms with Crippen LogP contribution in [-0.4, -0.2) is 27.6 Å². The van der Waals surface area contributed by atoms with E-state index in [1.807, 2.05) is 0 Å². The van der Waals surface area contributed by atoms with Gasteiger partial charge >= 0.3 is 0 Å². The van der Waals surface area contributed by atoms with Crippen LogP contribution in [0.1, 0.15) is 90.9 Å². The SMILES string of the molecule is CCCCCCCCOc1cc2c(cc1O)-c1cc(O)c(OCCCCCCCC)cc1S2=O. The van der Waals surface area contributed by atoms with E-state index in [1.54, 1.807) is 24.3 Å². The van der Waals surface area contributed by atoms with Gasteiger partial charge in [-0.2, -0.15) is 0 Å². The first-order chi connectivity index (χ1) is 16.6. The zero-order valence-electron chi connectivity index (χ0n) is 20.7. The second kappa shape index (κ2) is 13.6. The molecule has 0 fully saturated rings. The summed E-state index contributed by atoms with van der Waals surface area (Å²) in [7, 11) is -1.42. The molecule has 2 aromatic rings. The van der Waals surface area contributed by atoms with Gasteiger partial charge in [-0.1, -0.05) is 78.1 Å². The molecule has 0 radical (unpaired) electrons. The number of rotatable bonds is 16. The number of hydrogen-bond donors (Lipinski definition) is 2. The topological polar surface area (TPSA) is 76.0 Å². The maximum absolute atomic E-state index is 13.2. The van der Waals surface area contributed by atoms with Gasteiger partial charge < -0.3 is 19.7 Å². The predicted molar refractivity (Wildman–Crippen MR) is 138 cm³/mol. The van der Waals surface area contributed by atoms with Crippen molar-refractivity contribution in [2.45, 2.75) is 101 Å². The summed E-state index contributed by atoms with van der Waals surface area (Å²) in [6.45, 7) is 5.45. The van der Waals surface area contributed by atoms with Gasteiger partial charge in [-0.15, -0.1) is 0 Å². The molecule has 2 N–H and O–H groups in total. The molecule has 6 heteroatoms. The average molecular weight is 489 g/mol. The number of hydrogen-bond acceptors (Lipinski definition) is 5. The molecule has 0 aromatic heterocycles. The molecule has 3 rings (SSSR count). The third-order valence-corrected chi connectivity index (χ3v) is 7.80. The third-order valence-electron chi connectivity index (χ3n) is 6.32. The fourth-order valence-electron chi connectivity index (χ4n) is 4.31. The summed E-state index contributed by atoms with van der Waals surface area (Å²) in [5.41, 5.74) is 1.33. The van der Waals surface area contributed by atoms with E-state index in [1.165, 1.54) is 51.4 Å². The normalized spacial score (nSPS) is 12.5. The second-order valence-corrected chi connectivity index (χ2v) is 10.6. The predicted octanol–water partition coefficient (Wildman–Crippen LogP) is 7.72. The minimum absolute atomic E-state index is 0.0254. The molecule has 0 saturated carbocycles. The highest BCUT2D eigenvalue weighted by atomic mass is 32.2. The van der Waals surface area contributed by atoms with Crippen LogP contribution in [0.3, 0.4) is 0 Å². The Hall–Kier alpha value is -2.21. The van der Waals surface area contributed by atoms with Gasteiger partial charge in [-0.3, -0.25) is 0 Å². The van der Waals surface area contributed by atoms with Crippen molar-refractivity contribution >= 4 is 10.8 Å². The van der Waals surface area contributed by atoms with Crippen LogP contribution < -0.4 is 9.47 Å². The van der Waals surface area contributed by atoms with E-state index in [9.17, 15) is 14.4 Å².